The molecule has 0 saturated carbocycles. The van der Waals surface area contributed by atoms with Crippen LogP contribution in [0.2, 0.25) is 0 Å². The second kappa shape index (κ2) is 7.12. The summed E-state index contributed by atoms with van der Waals surface area (Å²) < 4.78 is 12.8. The van der Waals surface area contributed by atoms with Crippen LogP contribution in [0.4, 0.5) is 0 Å². The van der Waals surface area contributed by atoms with Gasteiger partial charge in [0, 0.05) is 11.8 Å². The van der Waals surface area contributed by atoms with Gasteiger partial charge in [-0.25, -0.2) is 14.6 Å². The number of pyridine rings is 1. The van der Waals surface area contributed by atoms with Gasteiger partial charge in [-0.05, 0) is 43.2 Å². The van der Waals surface area contributed by atoms with E-state index in [0.29, 0.717) is 19.0 Å². The van der Waals surface area contributed by atoms with Gasteiger partial charge in [-0.1, -0.05) is 12.1 Å². The zero-order chi connectivity index (χ0) is 16.9. The smallest absolute Gasteiger partial charge is 0.221 e. The normalized spacial score (nSPS) is 10.6. The van der Waals surface area contributed by atoms with Crippen molar-refractivity contribution in [3.63, 3.8) is 0 Å². The summed E-state index contributed by atoms with van der Waals surface area (Å²) in [4.78, 5) is 8.58. The summed E-state index contributed by atoms with van der Waals surface area (Å²) in [5.74, 6) is 2.16. The molecule has 0 atom stereocenters. The summed E-state index contributed by atoms with van der Waals surface area (Å²) in [5.41, 5.74) is 2.95. The minimum absolute atomic E-state index is 0.585. The first kappa shape index (κ1) is 16.0. The third-order valence-corrected chi connectivity index (χ3v) is 3.55. The molecule has 6 heteroatoms. The van der Waals surface area contributed by atoms with E-state index in [2.05, 4.69) is 21.1 Å². The molecule has 6 nitrogen and oxygen atoms in total. The van der Waals surface area contributed by atoms with E-state index < -0.39 is 0 Å². The van der Waals surface area contributed by atoms with Crippen LogP contribution in [0.1, 0.15) is 18.3 Å². The lowest BCUT2D eigenvalue weighted by Gasteiger charge is -2.11. The molecular formula is C18H20N4O2. The fourth-order valence-corrected chi connectivity index (χ4v) is 2.52. The number of hydrogen-bond donors (Lipinski definition) is 0. The number of nitrogens with zero attached hydrogens (tertiary/aromatic N) is 4. The molecule has 0 aliphatic heterocycles. The van der Waals surface area contributed by atoms with Crippen molar-refractivity contribution < 1.29 is 9.47 Å². The van der Waals surface area contributed by atoms with Crippen LogP contribution in [-0.4, -0.2) is 33.5 Å². The van der Waals surface area contributed by atoms with Gasteiger partial charge in [-0.15, -0.1) is 0 Å². The van der Waals surface area contributed by atoms with Crippen molar-refractivity contribution in [1.29, 1.82) is 0 Å². The maximum atomic E-state index is 5.59. The Kier molecular flexibility index (Phi) is 4.74. The molecule has 2 aromatic heterocycles. The Balaban J connectivity index is 1.96. The first-order chi connectivity index (χ1) is 11.7. The van der Waals surface area contributed by atoms with Crippen LogP contribution in [0.3, 0.4) is 0 Å². The molecule has 0 radical (unpaired) electrons. The first-order valence-electron chi connectivity index (χ1n) is 7.81. The zero-order valence-electron chi connectivity index (χ0n) is 14.1. The van der Waals surface area contributed by atoms with Crippen molar-refractivity contribution in [3.8, 4) is 22.8 Å². The van der Waals surface area contributed by atoms with E-state index >= 15 is 0 Å². The number of rotatable bonds is 6. The number of aromatic nitrogens is 4. The third-order valence-electron chi connectivity index (χ3n) is 3.55. The molecule has 0 fully saturated rings. The average molecular weight is 324 g/mol. The molecule has 24 heavy (non-hydrogen) atoms. The Bertz CT molecular complexity index is 829. The van der Waals surface area contributed by atoms with Crippen molar-refractivity contribution in [3.05, 3.63) is 54.2 Å². The van der Waals surface area contributed by atoms with Gasteiger partial charge in [0.2, 0.25) is 5.88 Å². The summed E-state index contributed by atoms with van der Waals surface area (Å²) in [6, 6.07) is 9.98. The van der Waals surface area contributed by atoms with Gasteiger partial charge in [0.05, 0.1) is 20.3 Å². The molecule has 0 bridgehead atoms. The Hall–Kier alpha value is -2.89. The van der Waals surface area contributed by atoms with Gasteiger partial charge in [-0.2, -0.15) is 5.10 Å². The molecule has 0 aliphatic rings. The van der Waals surface area contributed by atoms with E-state index in [9.17, 15) is 0 Å². The molecule has 0 spiro atoms. The van der Waals surface area contributed by atoms with Crippen molar-refractivity contribution in [1.82, 2.24) is 19.7 Å². The molecule has 0 amide bonds. The van der Waals surface area contributed by atoms with Gasteiger partial charge in [0.25, 0.3) is 0 Å². The Labute approximate surface area is 141 Å². The van der Waals surface area contributed by atoms with Crippen LogP contribution < -0.4 is 9.47 Å². The number of methoxy groups -OCH3 is 1. The van der Waals surface area contributed by atoms with Crippen LogP contribution in [-0.2, 0) is 6.54 Å². The average Bonchev–Trinajstić information content (AvgIpc) is 3.00. The van der Waals surface area contributed by atoms with Crippen molar-refractivity contribution >= 4 is 0 Å². The summed E-state index contributed by atoms with van der Waals surface area (Å²) >= 11 is 0. The maximum Gasteiger partial charge on any atom is 0.221 e. The second-order valence-corrected chi connectivity index (χ2v) is 5.35. The molecular weight excluding hydrogens is 304 g/mol. The largest absolute Gasteiger partial charge is 0.494 e. The maximum absolute atomic E-state index is 5.59. The second-order valence-electron chi connectivity index (χ2n) is 5.35. The lowest BCUT2D eigenvalue weighted by atomic mass is 10.0. The van der Waals surface area contributed by atoms with Crippen LogP contribution in [0, 0.1) is 6.92 Å². The fraction of sp³-hybridized carbons (Fsp3) is 0.278. The van der Waals surface area contributed by atoms with Crippen molar-refractivity contribution in [2.24, 2.45) is 0 Å². The highest BCUT2D eigenvalue weighted by Crippen LogP contribution is 2.31. The van der Waals surface area contributed by atoms with Crippen LogP contribution in [0.15, 0.2) is 42.9 Å². The van der Waals surface area contributed by atoms with Gasteiger partial charge in [0.15, 0.2) is 0 Å². The first-order valence-corrected chi connectivity index (χ1v) is 7.81. The summed E-state index contributed by atoms with van der Waals surface area (Å²) in [6.07, 6.45) is 3.51. The predicted molar refractivity (Wildman–Crippen MR) is 91.3 cm³/mol. The van der Waals surface area contributed by atoms with Gasteiger partial charge in [-0.3, -0.25) is 0 Å². The standard InChI is InChI=1S/C18H20N4O2/c1-4-24-16-7-5-6-15(9-16)17-8-14(10-19-18(17)23-3)11-22-12-20-13(2)21-22/h5-10,12H,4,11H2,1-3H3. The van der Waals surface area contributed by atoms with Gasteiger partial charge >= 0.3 is 0 Å². The summed E-state index contributed by atoms with van der Waals surface area (Å²) in [5, 5.41) is 4.32. The van der Waals surface area contributed by atoms with Crippen molar-refractivity contribution in [2.75, 3.05) is 13.7 Å². The number of benzene rings is 1. The van der Waals surface area contributed by atoms with Crippen LogP contribution in [0.5, 0.6) is 11.6 Å². The Morgan fingerprint density at radius 3 is 2.75 bits per heavy atom. The molecule has 0 aliphatic carbocycles. The van der Waals surface area contributed by atoms with Crippen molar-refractivity contribution in [2.45, 2.75) is 20.4 Å². The van der Waals surface area contributed by atoms with E-state index in [1.165, 1.54) is 0 Å². The van der Waals surface area contributed by atoms with Crippen LogP contribution in [0.25, 0.3) is 11.1 Å². The van der Waals surface area contributed by atoms with Gasteiger partial charge in [0.1, 0.15) is 17.9 Å². The van der Waals surface area contributed by atoms with E-state index in [-0.39, 0.29) is 0 Å². The van der Waals surface area contributed by atoms with E-state index in [1.807, 2.05) is 38.1 Å². The number of hydrogen-bond acceptors (Lipinski definition) is 5. The lowest BCUT2D eigenvalue weighted by molar-refractivity contribution is 0.340. The molecule has 0 unspecified atom stereocenters. The Morgan fingerprint density at radius 2 is 2.04 bits per heavy atom. The number of ether oxygens (including phenoxy) is 2. The van der Waals surface area contributed by atoms with E-state index in [1.54, 1.807) is 24.3 Å². The molecule has 0 N–H and O–H groups in total. The molecule has 0 saturated heterocycles. The van der Waals surface area contributed by atoms with E-state index in [4.69, 9.17) is 9.47 Å². The number of aryl methyl sites for hydroxylation is 1. The van der Waals surface area contributed by atoms with Crippen LogP contribution >= 0.6 is 0 Å². The highest BCUT2D eigenvalue weighted by molar-refractivity contribution is 5.70. The SMILES string of the molecule is CCOc1cccc(-c2cc(Cn3cnc(C)n3)cnc2OC)c1. The van der Waals surface area contributed by atoms with Gasteiger partial charge < -0.3 is 9.47 Å². The third kappa shape index (κ3) is 3.53. The topological polar surface area (TPSA) is 62.1 Å². The molecule has 1 aromatic carbocycles. The minimum Gasteiger partial charge on any atom is -0.494 e. The predicted octanol–water partition coefficient (Wildman–Crippen LogP) is 3.10. The molecule has 3 rings (SSSR count). The Morgan fingerprint density at radius 1 is 1.17 bits per heavy atom. The highest BCUT2D eigenvalue weighted by Gasteiger charge is 2.10. The monoisotopic (exact) mass is 324 g/mol. The summed E-state index contributed by atoms with van der Waals surface area (Å²) in [7, 11) is 1.62. The van der Waals surface area contributed by atoms with E-state index in [0.717, 1.165) is 28.3 Å². The quantitative estimate of drug-likeness (QED) is 0.697. The molecule has 124 valence electrons. The summed E-state index contributed by atoms with van der Waals surface area (Å²) in [6.45, 7) is 5.07. The zero-order valence-corrected chi connectivity index (χ0v) is 14.1. The molecule has 3 aromatic rings. The molecule has 2 heterocycles. The lowest BCUT2D eigenvalue weighted by Crippen LogP contribution is -2.02. The minimum atomic E-state index is 0.585. The fourth-order valence-electron chi connectivity index (χ4n) is 2.52. The highest BCUT2D eigenvalue weighted by atomic mass is 16.5.